The smallest absolute Gasteiger partial charge is 0.261 e. The Kier molecular flexibility index (Phi) is 4.26. The summed E-state index contributed by atoms with van der Waals surface area (Å²) in [4.78, 5) is 3.56. The molecular formula is C11H15FN2O3S. The Labute approximate surface area is 105 Å². The molecule has 0 bridgehead atoms. The summed E-state index contributed by atoms with van der Waals surface area (Å²) in [6.07, 6.45) is 3.08. The topological polar surface area (TPSA) is 68.3 Å². The van der Waals surface area contributed by atoms with Gasteiger partial charge in [-0.2, -0.15) is 0 Å². The molecule has 2 rings (SSSR count). The first-order valence-corrected chi connectivity index (χ1v) is 7.26. The molecule has 5 nitrogen and oxygen atoms in total. The average Bonchev–Trinajstić information content (AvgIpc) is 2.38. The highest BCUT2D eigenvalue weighted by atomic mass is 32.2. The van der Waals surface area contributed by atoms with Crippen LogP contribution < -0.4 is 4.72 Å². The van der Waals surface area contributed by atoms with Crippen LogP contribution >= 0.6 is 0 Å². The molecule has 0 spiro atoms. The Bertz CT molecular complexity index is 501. The normalized spacial score (nSPS) is 20.8. The van der Waals surface area contributed by atoms with Gasteiger partial charge in [-0.3, -0.25) is 0 Å². The quantitative estimate of drug-likeness (QED) is 0.886. The first-order valence-electron chi connectivity index (χ1n) is 5.77. The number of halogens is 1. The van der Waals surface area contributed by atoms with Crippen LogP contribution in [0.2, 0.25) is 0 Å². The molecule has 2 heterocycles. The SMILES string of the molecule is O=S(=O)(NCC1CCCOC1)c1ncccc1F. The summed E-state index contributed by atoms with van der Waals surface area (Å²) in [7, 11) is -3.88. The lowest BCUT2D eigenvalue weighted by atomic mass is 10.0. The lowest BCUT2D eigenvalue weighted by Gasteiger charge is -2.22. The Morgan fingerprint density at radius 2 is 2.39 bits per heavy atom. The molecule has 1 N–H and O–H groups in total. The van der Waals surface area contributed by atoms with Crippen LogP contribution in [0.25, 0.3) is 0 Å². The van der Waals surface area contributed by atoms with Crippen LogP contribution in [0, 0.1) is 11.7 Å². The van der Waals surface area contributed by atoms with E-state index in [4.69, 9.17) is 4.74 Å². The molecule has 1 fully saturated rings. The number of sulfonamides is 1. The van der Waals surface area contributed by atoms with E-state index in [2.05, 4.69) is 9.71 Å². The van der Waals surface area contributed by atoms with Gasteiger partial charge in [-0.1, -0.05) is 0 Å². The lowest BCUT2D eigenvalue weighted by molar-refractivity contribution is 0.0568. The number of rotatable bonds is 4. The summed E-state index contributed by atoms with van der Waals surface area (Å²) < 4.78 is 44.7. The largest absolute Gasteiger partial charge is 0.381 e. The zero-order valence-corrected chi connectivity index (χ0v) is 10.6. The number of hydrogen-bond donors (Lipinski definition) is 1. The highest BCUT2D eigenvalue weighted by molar-refractivity contribution is 7.89. The van der Waals surface area contributed by atoms with Gasteiger partial charge in [0.15, 0.2) is 5.82 Å². The van der Waals surface area contributed by atoms with Crippen LogP contribution in [0.3, 0.4) is 0 Å². The molecule has 1 aromatic rings. The van der Waals surface area contributed by atoms with Crippen molar-refractivity contribution in [3.8, 4) is 0 Å². The van der Waals surface area contributed by atoms with Crippen molar-refractivity contribution in [3.05, 3.63) is 24.1 Å². The molecule has 18 heavy (non-hydrogen) atoms. The number of nitrogens with one attached hydrogen (secondary N) is 1. The van der Waals surface area contributed by atoms with Gasteiger partial charge in [0.25, 0.3) is 10.0 Å². The van der Waals surface area contributed by atoms with Crippen LogP contribution in [0.5, 0.6) is 0 Å². The third-order valence-electron chi connectivity index (χ3n) is 2.80. The van der Waals surface area contributed by atoms with Crippen molar-refractivity contribution >= 4 is 10.0 Å². The van der Waals surface area contributed by atoms with Crippen LogP contribution in [0.15, 0.2) is 23.4 Å². The Hall–Kier alpha value is -1.05. The second kappa shape index (κ2) is 5.73. The molecule has 0 aliphatic carbocycles. The van der Waals surface area contributed by atoms with Gasteiger partial charge in [0.05, 0.1) is 6.61 Å². The second-order valence-corrected chi connectivity index (χ2v) is 5.91. The van der Waals surface area contributed by atoms with Gasteiger partial charge in [-0.05, 0) is 30.9 Å². The average molecular weight is 274 g/mol. The number of aromatic nitrogens is 1. The predicted molar refractivity (Wildman–Crippen MR) is 62.9 cm³/mol. The predicted octanol–water partition coefficient (Wildman–Crippen LogP) is 0.926. The van der Waals surface area contributed by atoms with E-state index in [-0.39, 0.29) is 12.5 Å². The van der Waals surface area contributed by atoms with Gasteiger partial charge in [-0.25, -0.2) is 22.5 Å². The molecule has 0 aromatic carbocycles. The third kappa shape index (κ3) is 3.24. The fraction of sp³-hybridized carbons (Fsp3) is 0.545. The molecular weight excluding hydrogens is 259 g/mol. The molecule has 1 unspecified atom stereocenters. The molecule has 1 aliphatic heterocycles. The van der Waals surface area contributed by atoms with Crippen molar-refractivity contribution in [2.45, 2.75) is 17.9 Å². The molecule has 0 radical (unpaired) electrons. The van der Waals surface area contributed by atoms with E-state index in [1.807, 2.05) is 0 Å². The van der Waals surface area contributed by atoms with E-state index >= 15 is 0 Å². The maximum absolute atomic E-state index is 13.3. The Morgan fingerprint density at radius 3 is 3.06 bits per heavy atom. The Morgan fingerprint density at radius 1 is 1.56 bits per heavy atom. The van der Waals surface area contributed by atoms with Crippen LogP contribution in [0.1, 0.15) is 12.8 Å². The van der Waals surface area contributed by atoms with E-state index < -0.39 is 20.9 Å². The van der Waals surface area contributed by atoms with E-state index in [9.17, 15) is 12.8 Å². The highest BCUT2D eigenvalue weighted by Gasteiger charge is 2.22. The van der Waals surface area contributed by atoms with Crippen molar-refractivity contribution < 1.29 is 17.5 Å². The number of ether oxygens (including phenoxy) is 1. The first kappa shape index (κ1) is 13.4. The minimum atomic E-state index is -3.88. The van der Waals surface area contributed by atoms with E-state index in [1.54, 1.807) is 0 Å². The van der Waals surface area contributed by atoms with E-state index in [0.717, 1.165) is 25.5 Å². The fourth-order valence-electron chi connectivity index (χ4n) is 1.83. The number of hydrogen-bond acceptors (Lipinski definition) is 4. The first-order chi connectivity index (χ1) is 8.59. The standard InChI is InChI=1S/C11H15FN2O3S/c12-10-4-1-5-13-11(10)18(15,16)14-7-9-3-2-6-17-8-9/h1,4-5,9,14H,2-3,6-8H2. The summed E-state index contributed by atoms with van der Waals surface area (Å²) in [5.74, 6) is -0.704. The van der Waals surface area contributed by atoms with Crippen molar-refractivity contribution in [2.24, 2.45) is 5.92 Å². The zero-order chi connectivity index (χ0) is 13.0. The summed E-state index contributed by atoms with van der Waals surface area (Å²) in [5, 5.41) is -0.554. The van der Waals surface area contributed by atoms with Crippen LogP contribution in [0.4, 0.5) is 4.39 Å². The Balaban J connectivity index is 2.01. The molecule has 1 aliphatic rings. The van der Waals surface area contributed by atoms with Crippen molar-refractivity contribution in [2.75, 3.05) is 19.8 Å². The zero-order valence-electron chi connectivity index (χ0n) is 9.80. The van der Waals surface area contributed by atoms with Gasteiger partial charge in [0, 0.05) is 19.3 Å². The van der Waals surface area contributed by atoms with Gasteiger partial charge in [0.2, 0.25) is 5.03 Å². The minimum absolute atomic E-state index is 0.139. The molecule has 100 valence electrons. The van der Waals surface area contributed by atoms with Crippen LogP contribution in [-0.4, -0.2) is 33.2 Å². The van der Waals surface area contributed by atoms with Gasteiger partial charge in [0.1, 0.15) is 0 Å². The fourth-order valence-corrected chi connectivity index (χ4v) is 2.95. The summed E-state index contributed by atoms with van der Waals surface area (Å²) in [6, 6.07) is 2.43. The lowest BCUT2D eigenvalue weighted by Crippen LogP contribution is -2.34. The van der Waals surface area contributed by atoms with Gasteiger partial charge < -0.3 is 4.74 Å². The summed E-state index contributed by atoms with van der Waals surface area (Å²) in [6.45, 7) is 1.50. The molecule has 7 heteroatoms. The molecule has 0 amide bonds. The third-order valence-corrected chi connectivity index (χ3v) is 4.15. The number of nitrogens with zero attached hydrogens (tertiary/aromatic N) is 1. The minimum Gasteiger partial charge on any atom is -0.381 e. The van der Waals surface area contributed by atoms with Crippen molar-refractivity contribution in [3.63, 3.8) is 0 Å². The highest BCUT2D eigenvalue weighted by Crippen LogP contribution is 2.14. The summed E-state index contributed by atoms with van der Waals surface area (Å²) in [5.41, 5.74) is 0. The molecule has 1 atom stereocenters. The molecule has 0 saturated carbocycles. The molecule has 1 saturated heterocycles. The van der Waals surface area contributed by atoms with Crippen LogP contribution in [-0.2, 0) is 14.8 Å². The van der Waals surface area contributed by atoms with Crippen molar-refractivity contribution in [1.82, 2.24) is 9.71 Å². The monoisotopic (exact) mass is 274 g/mol. The second-order valence-electron chi connectivity index (χ2n) is 4.23. The maximum atomic E-state index is 13.3. The van der Waals surface area contributed by atoms with Gasteiger partial charge in [-0.15, -0.1) is 0 Å². The summed E-state index contributed by atoms with van der Waals surface area (Å²) >= 11 is 0. The van der Waals surface area contributed by atoms with Crippen molar-refractivity contribution in [1.29, 1.82) is 0 Å². The van der Waals surface area contributed by atoms with Gasteiger partial charge >= 0.3 is 0 Å². The van der Waals surface area contributed by atoms with E-state index in [0.29, 0.717) is 6.61 Å². The van der Waals surface area contributed by atoms with E-state index in [1.165, 1.54) is 12.3 Å². The maximum Gasteiger partial charge on any atom is 0.261 e. The molecule has 1 aromatic heterocycles. The number of pyridine rings is 1.